The van der Waals surface area contributed by atoms with Crippen LogP contribution in [0.1, 0.15) is 27.2 Å². The van der Waals surface area contributed by atoms with Crippen molar-refractivity contribution < 1.29 is 0 Å². The molecule has 0 saturated carbocycles. The Balaban J connectivity index is 2.25. The lowest BCUT2D eigenvalue weighted by Crippen LogP contribution is -2.24. The first-order valence-electron chi connectivity index (χ1n) is 7.06. The van der Waals surface area contributed by atoms with Gasteiger partial charge < -0.3 is 11.1 Å². The van der Waals surface area contributed by atoms with Crippen LogP contribution in [0.5, 0.6) is 0 Å². The topological polar surface area (TPSA) is 63.8 Å². The number of benzene rings is 1. The minimum Gasteiger partial charge on any atom is -0.384 e. The average Bonchev–Trinajstić information content (AvgIpc) is 2.46. The Morgan fingerprint density at radius 1 is 1.15 bits per heavy atom. The first-order chi connectivity index (χ1) is 9.60. The smallest absolute Gasteiger partial charge is 0.163 e. The molecule has 0 aliphatic carbocycles. The van der Waals surface area contributed by atoms with Gasteiger partial charge >= 0.3 is 0 Å². The number of hydrogen-bond acceptors (Lipinski definition) is 4. The van der Waals surface area contributed by atoms with Crippen molar-refractivity contribution in [2.24, 2.45) is 5.92 Å². The molecule has 1 aromatic heterocycles. The Hall–Kier alpha value is -2.10. The van der Waals surface area contributed by atoms with Crippen molar-refractivity contribution in [1.82, 2.24) is 9.97 Å². The summed E-state index contributed by atoms with van der Waals surface area (Å²) in [6.45, 7) is 6.57. The van der Waals surface area contributed by atoms with Crippen LogP contribution in [0.3, 0.4) is 0 Å². The average molecular weight is 270 g/mol. The van der Waals surface area contributed by atoms with Gasteiger partial charge in [-0.1, -0.05) is 50.6 Å². The fourth-order valence-corrected chi connectivity index (χ4v) is 1.99. The Labute approximate surface area is 120 Å². The van der Waals surface area contributed by atoms with Crippen molar-refractivity contribution >= 4 is 11.6 Å². The molecule has 4 heteroatoms. The van der Waals surface area contributed by atoms with Crippen LogP contribution in [-0.4, -0.2) is 16.0 Å². The molecule has 0 fully saturated rings. The molecule has 20 heavy (non-hydrogen) atoms. The number of anilines is 2. The molecule has 106 valence electrons. The lowest BCUT2D eigenvalue weighted by Gasteiger charge is -2.20. The second-order valence-corrected chi connectivity index (χ2v) is 5.19. The fraction of sp³-hybridized carbons (Fsp3) is 0.375. The maximum absolute atomic E-state index is 5.89. The van der Waals surface area contributed by atoms with E-state index in [4.69, 9.17) is 5.73 Å². The van der Waals surface area contributed by atoms with Gasteiger partial charge in [-0.15, -0.1) is 0 Å². The van der Waals surface area contributed by atoms with E-state index in [1.54, 1.807) is 6.07 Å². The Kier molecular flexibility index (Phi) is 4.56. The van der Waals surface area contributed by atoms with Crippen molar-refractivity contribution in [3.05, 3.63) is 36.4 Å². The number of hydrogen-bond donors (Lipinski definition) is 2. The molecule has 0 aliphatic rings. The van der Waals surface area contributed by atoms with E-state index in [1.165, 1.54) is 0 Å². The maximum Gasteiger partial charge on any atom is 0.163 e. The summed E-state index contributed by atoms with van der Waals surface area (Å²) in [6.07, 6.45) is 1.13. The molecular weight excluding hydrogens is 248 g/mol. The lowest BCUT2D eigenvalue weighted by atomic mass is 10.0. The summed E-state index contributed by atoms with van der Waals surface area (Å²) in [4.78, 5) is 8.86. The third-order valence-electron chi connectivity index (χ3n) is 3.65. The van der Waals surface area contributed by atoms with Crippen LogP contribution in [0.15, 0.2) is 36.4 Å². The van der Waals surface area contributed by atoms with Crippen LogP contribution in [0.4, 0.5) is 11.6 Å². The van der Waals surface area contributed by atoms with Crippen LogP contribution < -0.4 is 11.1 Å². The van der Waals surface area contributed by atoms with Gasteiger partial charge in [0.1, 0.15) is 11.6 Å². The Morgan fingerprint density at radius 3 is 2.50 bits per heavy atom. The summed E-state index contributed by atoms with van der Waals surface area (Å²) in [5.74, 6) is 2.50. The predicted octanol–water partition coefficient (Wildman–Crippen LogP) is 3.57. The summed E-state index contributed by atoms with van der Waals surface area (Å²) in [6, 6.07) is 12.0. The highest BCUT2D eigenvalue weighted by molar-refractivity contribution is 5.60. The van der Waals surface area contributed by atoms with Crippen LogP contribution in [0, 0.1) is 5.92 Å². The monoisotopic (exact) mass is 270 g/mol. The van der Waals surface area contributed by atoms with E-state index < -0.39 is 0 Å². The maximum atomic E-state index is 5.89. The van der Waals surface area contributed by atoms with Crippen molar-refractivity contribution in [2.45, 2.75) is 33.2 Å². The van der Waals surface area contributed by atoms with Gasteiger partial charge in [-0.25, -0.2) is 9.97 Å². The molecule has 0 spiro atoms. The molecule has 0 aliphatic heterocycles. The standard InChI is InChI=1S/C16H22N4/c1-4-11(2)12(3)18-15-10-14(17)19-16(20-15)13-8-6-5-7-9-13/h5-12H,4H2,1-3H3,(H3,17,18,19,20). The number of rotatable bonds is 5. The van der Waals surface area contributed by atoms with E-state index in [0.717, 1.165) is 17.8 Å². The third kappa shape index (κ3) is 3.47. The van der Waals surface area contributed by atoms with E-state index >= 15 is 0 Å². The highest BCUT2D eigenvalue weighted by Gasteiger charge is 2.12. The van der Waals surface area contributed by atoms with Crippen molar-refractivity contribution in [3.8, 4) is 11.4 Å². The molecule has 2 unspecified atom stereocenters. The molecule has 1 heterocycles. The second kappa shape index (κ2) is 6.37. The van der Waals surface area contributed by atoms with E-state index in [2.05, 4.69) is 36.1 Å². The Morgan fingerprint density at radius 2 is 1.85 bits per heavy atom. The normalized spacial score (nSPS) is 13.8. The van der Waals surface area contributed by atoms with Gasteiger partial charge in [-0.3, -0.25) is 0 Å². The van der Waals surface area contributed by atoms with Crippen molar-refractivity contribution in [1.29, 1.82) is 0 Å². The zero-order valence-corrected chi connectivity index (χ0v) is 12.3. The van der Waals surface area contributed by atoms with E-state index in [1.807, 2.05) is 30.3 Å². The lowest BCUT2D eigenvalue weighted by molar-refractivity contribution is 0.493. The van der Waals surface area contributed by atoms with Crippen LogP contribution in [0.25, 0.3) is 11.4 Å². The summed E-state index contributed by atoms with van der Waals surface area (Å²) in [7, 11) is 0. The van der Waals surface area contributed by atoms with Gasteiger partial charge in [-0.05, 0) is 12.8 Å². The van der Waals surface area contributed by atoms with Crippen molar-refractivity contribution in [2.75, 3.05) is 11.1 Å². The summed E-state index contributed by atoms with van der Waals surface area (Å²) >= 11 is 0. The van der Waals surface area contributed by atoms with E-state index in [0.29, 0.717) is 23.6 Å². The molecule has 0 radical (unpaired) electrons. The molecule has 0 amide bonds. The molecule has 1 aromatic carbocycles. The minimum atomic E-state index is 0.345. The van der Waals surface area contributed by atoms with Gasteiger partial charge in [0.05, 0.1) is 0 Å². The molecule has 0 saturated heterocycles. The zero-order valence-electron chi connectivity index (χ0n) is 12.3. The summed E-state index contributed by atoms with van der Waals surface area (Å²) in [5, 5.41) is 3.41. The number of aromatic nitrogens is 2. The number of nitrogens with zero attached hydrogens (tertiary/aromatic N) is 2. The highest BCUT2D eigenvalue weighted by atomic mass is 15.1. The third-order valence-corrected chi connectivity index (χ3v) is 3.65. The molecule has 4 nitrogen and oxygen atoms in total. The first-order valence-corrected chi connectivity index (χ1v) is 7.06. The zero-order chi connectivity index (χ0) is 14.5. The fourth-order valence-electron chi connectivity index (χ4n) is 1.99. The van der Waals surface area contributed by atoms with E-state index in [9.17, 15) is 0 Å². The largest absolute Gasteiger partial charge is 0.384 e. The van der Waals surface area contributed by atoms with E-state index in [-0.39, 0.29) is 0 Å². The predicted molar refractivity (Wildman–Crippen MR) is 84.4 cm³/mol. The highest BCUT2D eigenvalue weighted by Crippen LogP contribution is 2.20. The van der Waals surface area contributed by atoms with Crippen LogP contribution in [0.2, 0.25) is 0 Å². The molecule has 2 rings (SSSR count). The summed E-state index contributed by atoms with van der Waals surface area (Å²) in [5.41, 5.74) is 6.86. The molecular formula is C16H22N4. The molecule has 2 aromatic rings. The number of nitrogen functional groups attached to an aromatic ring is 1. The molecule has 2 atom stereocenters. The van der Waals surface area contributed by atoms with Gasteiger partial charge in [-0.2, -0.15) is 0 Å². The SMILES string of the molecule is CCC(C)C(C)Nc1cc(N)nc(-c2ccccc2)n1. The van der Waals surface area contributed by atoms with Crippen LogP contribution >= 0.6 is 0 Å². The minimum absolute atomic E-state index is 0.345. The molecule has 0 bridgehead atoms. The summed E-state index contributed by atoms with van der Waals surface area (Å²) < 4.78 is 0. The van der Waals surface area contributed by atoms with Crippen LogP contribution in [-0.2, 0) is 0 Å². The number of nitrogens with two attached hydrogens (primary N) is 1. The number of nitrogens with one attached hydrogen (secondary N) is 1. The first kappa shape index (κ1) is 14.3. The van der Waals surface area contributed by atoms with Gasteiger partial charge in [0.15, 0.2) is 5.82 Å². The quantitative estimate of drug-likeness (QED) is 0.871. The van der Waals surface area contributed by atoms with Gasteiger partial charge in [0.25, 0.3) is 0 Å². The second-order valence-electron chi connectivity index (χ2n) is 5.19. The van der Waals surface area contributed by atoms with Crippen molar-refractivity contribution in [3.63, 3.8) is 0 Å². The van der Waals surface area contributed by atoms with Gasteiger partial charge in [0.2, 0.25) is 0 Å². The molecule has 3 N–H and O–H groups in total. The van der Waals surface area contributed by atoms with Gasteiger partial charge in [0, 0.05) is 17.7 Å². The Bertz CT molecular complexity index is 554.